The Bertz CT molecular complexity index is 166. The molecule has 0 aromatic rings. The lowest BCUT2D eigenvalue weighted by molar-refractivity contribution is -0.0201. The zero-order valence-corrected chi connectivity index (χ0v) is 9.75. The second-order valence-electron chi connectivity index (χ2n) is 5.03. The number of hydrogen-bond acceptors (Lipinski definition) is 2. The number of hydrogen-bond donors (Lipinski definition) is 1. The van der Waals surface area contributed by atoms with Crippen LogP contribution in [0.15, 0.2) is 0 Å². The zero-order valence-electron chi connectivity index (χ0n) is 9.75. The molecule has 84 valence electrons. The summed E-state index contributed by atoms with van der Waals surface area (Å²) in [6, 6.07) is 0. The van der Waals surface area contributed by atoms with Crippen LogP contribution in [0.1, 0.15) is 59.3 Å². The van der Waals surface area contributed by atoms with Crippen LogP contribution in [-0.4, -0.2) is 22.9 Å². The van der Waals surface area contributed by atoms with E-state index in [0.29, 0.717) is 6.10 Å². The first kappa shape index (κ1) is 12.0. The van der Waals surface area contributed by atoms with Gasteiger partial charge in [-0.25, -0.2) is 0 Å². The van der Waals surface area contributed by atoms with E-state index in [-0.39, 0.29) is 11.7 Å². The Labute approximate surface area is 87.7 Å². The van der Waals surface area contributed by atoms with Gasteiger partial charge in [0.15, 0.2) is 0 Å². The Morgan fingerprint density at radius 1 is 1.50 bits per heavy atom. The summed E-state index contributed by atoms with van der Waals surface area (Å²) >= 11 is 0. The molecule has 0 aromatic heterocycles. The molecule has 1 saturated heterocycles. The van der Waals surface area contributed by atoms with Crippen molar-refractivity contribution < 1.29 is 9.84 Å². The molecule has 1 fully saturated rings. The molecule has 1 rings (SSSR count). The molecule has 1 aliphatic rings. The SMILES string of the molecule is CCC(O)CCCC1CCC(C)(C)O1. The van der Waals surface area contributed by atoms with Crippen molar-refractivity contribution in [2.24, 2.45) is 0 Å². The van der Waals surface area contributed by atoms with Crippen LogP contribution in [0.5, 0.6) is 0 Å². The van der Waals surface area contributed by atoms with Crippen LogP contribution in [0.4, 0.5) is 0 Å². The number of aliphatic hydroxyl groups is 1. The summed E-state index contributed by atoms with van der Waals surface area (Å²) in [5, 5.41) is 9.39. The Morgan fingerprint density at radius 3 is 2.71 bits per heavy atom. The summed E-state index contributed by atoms with van der Waals surface area (Å²) in [6.07, 6.45) is 6.70. The molecule has 0 amide bonds. The zero-order chi connectivity index (χ0) is 10.6. The third kappa shape index (κ3) is 3.97. The molecule has 1 N–H and O–H groups in total. The van der Waals surface area contributed by atoms with Gasteiger partial charge in [0.1, 0.15) is 0 Å². The molecule has 14 heavy (non-hydrogen) atoms. The molecular weight excluding hydrogens is 176 g/mol. The molecule has 2 atom stereocenters. The summed E-state index contributed by atoms with van der Waals surface area (Å²) in [4.78, 5) is 0. The van der Waals surface area contributed by atoms with E-state index in [1.807, 2.05) is 6.92 Å². The molecule has 0 bridgehead atoms. The minimum atomic E-state index is -0.107. The van der Waals surface area contributed by atoms with Gasteiger partial charge in [0.2, 0.25) is 0 Å². The first-order chi connectivity index (χ1) is 6.53. The van der Waals surface area contributed by atoms with Gasteiger partial charge in [0.25, 0.3) is 0 Å². The second kappa shape index (κ2) is 5.13. The molecule has 1 aliphatic heterocycles. The molecule has 0 aromatic carbocycles. The van der Waals surface area contributed by atoms with Crippen molar-refractivity contribution in [1.82, 2.24) is 0 Å². The van der Waals surface area contributed by atoms with E-state index in [4.69, 9.17) is 4.74 Å². The largest absolute Gasteiger partial charge is 0.393 e. The Hall–Kier alpha value is -0.0800. The van der Waals surface area contributed by atoms with Crippen molar-refractivity contribution in [2.45, 2.75) is 77.1 Å². The van der Waals surface area contributed by atoms with E-state index < -0.39 is 0 Å². The van der Waals surface area contributed by atoms with E-state index >= 15 is 0 Å². The molecule has 0 saturated carbocycles. The second-order valence-corrected chi connectivity index (χ2v) is 5.03. The van der Waals surface area contributed by atoms with Crippen LogP contribution in [0.3, 0.4) is 0 Å². The van der Waals surface area contributed by atoms with Crippen molar-refractivity contribution >= 4 is 0 Å². The van der Waals surface area contributed by atoms with Crippen molar-refractivity contribution in [2.75, 3.05) is 0 Å². The van der Waals surface area contributed by atoms with Gasteiger partial charge in [0.05, 0.1) is 17.8 Å². The van der Waals surface area contributed by atoms with Crippen LogP contribution in [-0.2, 0) is 4.74 Å². The van der Waals surface area contributed by atoms with E-state index in [2.05, 4.69) is 13.8 Å². The fourth-order valence-corrected chi connectivity index (χ4v) is 2.07. The monoisotopic (exact) mass is 200 g/mol. The highest BCUT2D eigenvalue weighted by Crippen LogP contribution is 2.31. The third-order valence-corrected chi connectivity index (χ3v) is 3.09. The van der Waals surface area contributed by atoms with Crippen LogP contribution >= 0.6 is 0 Å². The fraction of sp³-hybridized carbons (Fsp3) is 1.00. The minimum Gasteiger partial charge on any atom is -0.393 e. The van der Waals surface area contributed by atoms with Crippen LogP contribution in [0, 0.1) is 0 Å². The molecule has 2 heteroatoms. The average Bonchev–Trinajstić information content (AvgIpc) is 2.45. The summed E-state index contributed by atoms with van der Waals surface area (Å²) in [7, 11) is 0. The highest BCUT2D eigenvalue weighted by atomic mass is 16.5. The van der Waals surface area contributed by atoms with Crippen LogP contribution < -0.4 is 0 Å². The predicted molar refractivity (Wildman–Crippen MR) is 58.3 cm³/mol. The maximum atomic E-state index is 9.39. The smallest absolute Gasteiger partial charge is 0.0631 e. The number of ether oxygens (including phenoxy) is 1. The van der Waals surface area contributed by atoms with Gasteiger partial charge < -0.3 is 9.84 Å². The summed E-state index contributed by atoms with van der Waals surface area (Å²) < 4.78 is 5.88. The fourth-order valence-electron chi connectivity index (χ4n) is 2.07. The topological polar surface area (TPSA) is 29.5 Å². The molecule has 0 aliphatic carbocycles. The van der Waals surface area contributed by atoms with E-state index in [1.54, 1.807) is 0 Å². The van der Waals surface area contributed by atoms with Gasteiger partial charge in [-0.3, -0.25) is 0 Å². The minimum absolute atomic E-state index is 0.0913. The third-order valence-electron chi connectivity index (χ3n) is 3.09. The lowest BCUT2D eigenvalue weighted by Gasteiger charge is -2.19. The summed E-state index contributed by atoms with van der Waals surface area (Å²) in [5.41, 5.74) is 0.0913. The summed E-state index contributed by atoms with van der Waals surface area (Å²) in [5.74, 6) is 0. The first-order valence-electron chi connectivity index (χ1n) is 5.89. The van der Waals surface area contributed by atoms with Gasteiger partial charge in [-0.1, -0.05) is 6.92 Å². The molecule has 0 spiro atoms. The maximum Gasteiger partial charge on any atom is 0.0631 e. The predicted octanol–water partition coefficient (Wildman–Crippen LogP) is 2.89. The van der Waals surface area contributed by atoms with Gasteiger partial charge in [-0.2, -0.15) is 0 Å². The van der Waals surface area contributed by atoms with Crippen molar-refractivity contribution in [3.8, 4) is 0 Å². The van der Waals surface area contributed by atoms with Crippen molar-refractivity contribution in [3.05, 3.63) is 0 Å². The van der Waals surface area contributed by atoms with E-state index in [0.717, 1.165) is 25.7 Å². The lowest BCUT2D eigenvalue weighted by atomic mass is 10.0. The molecule has 0 radical (unpaired) electrons. The molecule has 2 nitrogen and oxygen atoms in total. The standard InChI is InChI=1S/C12H24O2/c1-4-10(13)6-5-7-11-8-9-12(2,3)14-11/h10-11,13H,4-9H2,1-3H3. The van der Waals surface area contributed by atoms with E-state index in [1.165, 1.54) is 12.8 Å². The normalized spacial score (nSPS) is 27.9. The Kier molecular flexibility index (Phi) is 4.39. The Morgan fingerprint density at radius 2 is 2.21 bits per heavy atom. The molecule has 2 unspecified atom stereocenters. The van der Waals surface area contributed by atoms with Gasteiger partial charge in [0, 0.05) is 0 Å². The number of aliphatic hydroxyl groups excluding tert-OH is 1. The highest BCUT2D eigenvalue weighted by Gasteiger charge is 2.30. The summed E-state index contributed by atoms with van der Waals surface area (Å²) in [6.45, 7) is 6.35. The van der Waals surface area contributed by atoms with E-state index in [9.17, 15) is 5.11 Å². The Balaban J connectivity index is 2.09. The average molecular weight is 200 g/mol. The van der Waals surface area contributed by atoms with Crippen molar-refractivity contribution in [1.29, 1.82) is 0 Å². The highest BCUT2D eigenvalue weighted by molar-refractivity contribution is 4.80. The lowest BCUT2D eigenvalue weighted by Crippen LogP contribution is -2.20. The molecular formula is C12H24O2. The first-order valence-corrected chi connectivity index (χ1v) is 5.89. The van der Waals surface area contributed by atoms with Gasteiger partial charge in [-0.05, 0) is 52.4 Å². The van der Waals surface area contributed by atoms with Gasteiger partial charge in [-0.15, -0.1) is 0 Å². The molecule has 1 heterocycles. The quantitative estimate of drug-likeness (QED) is 0.739. The van der Waals surface area contributed by atoms with Crippen LogP contribution in [0.2, 0.25) is 0 Å². The maximum absolute atomic E-state index is 9.39. The number of rotatable bonds is 5. The van der Waals surface area contributed by atoms with Crippen LogP contribution in [0.25, 0.3) is 0 Å². The van der Waals surface area contributed by atoms with Gasteiger partial charge >= 0.3 is 0 Å². The van der Waals surface area contributed by atoms with Crippen molar-refractivity contribution in [3.63, 3.8) is 0 Å².